The average molecular weight is 311 g/mol. The van der Waals surface area contributed by atoms with Crippen LogP contribution in [-0.2, 0) is 0 Å². The molecule has 1 aromatic carbocycles. The van der Waals surface area contributed by atoms with Crippen LogP contribution in [0.15, 0.2) is 30.5 Å². The Morgan fingerprint density at radius 2 is 2.25 bits per heavy atom. The molecule has 0 bridgehead atoms. The summed E-state index contributed by atoms with van der Waals surface area (Å²) in [5.41, 5.74) is 0.821. The summed E-state index contributed by atoms with van der Waals surface area (Å²) in [7, 11) is 0. The van der Waals surface area contributed by atoms with Crippen molar-refractivity contribution in [2.24, 2.45) is 0 Å². The summed E-state index contributed by atoms with van der Waals surface area (Å²) in [5.74, 6) is -0.179. The Kier molecular flexibility index (Phi) is 5.11. The third kappa shape index (κ3) is 3.79. The number of thiazole rings is 1. The zero-order valence-corrected chi connectivity index (χ0v) is 12.5. The smallest absolute Gasteiger partial charge is 0.263 e. The number of hydrogen-bond acceptors (Lipinski definition) is 4. The summed E-state index contributed by atoms with van der Waals surface area (Å²) >= 11 is 7.40. The molecular formula is C14H15ClN2O2S. The second kappa shape index (κ2) is 6.83. The summed E-state index contributed by atoms with van der Waals surface area (Å²) in [6.07, 6.45) is 1.65. The summed E-state index contributed by atoms with van der Waals surface area (Å²) in [6.45, 7) is 2.13. The number of aliphatic hydroxyl groups is 1. The van der Waals surface area contributed by atoms with Crippen LogP contribution in [0.25, 0.3) is 10.6 Å². The molecule has 1 heterocycles. The van der Waals surface area contributed by atoms with E-state index < -0.39 is 6.10 Å². The number of nitrogens with one attached hydrogen (secondary N) is 1. The second-order valence-corrected chi connectivity index (χ2v) is 5.84. The van der Waals surface area contributed by atoms with Gasteiger partial charge < -0.3 is 10.4 Å². The number of halogens is 1. The van der Waals surface area contributed by atoms with Crippen molar-refractivity contribution in [2.75, 3.05) is 6.54 Å². The Hall–Kier alpha value is -1.43. The number of carbonyl (C=O) groups excluding carboxylic acids is 1. The quantitative estimate of drug-likeness (QED) is 0.892. The highest BCUT2D eigenvalue weighted by Gasteiger charge is 2.13. The number of amides is 1. The van der Waals surface area contributed by atoms with Gasteiger partial charge in [0.25, 0.3) is 5.91 Å². The topological polar surface area (TPSA) is 62.2 Å². The van der Waals surface area contributed by atoms with Crippen LogP contribution in [0, 0.1) is 0 Å². The van der Waals surface area contributed by atoms with E-state index in [0.717, 1.165) is 10.6 Å². The molecule has 0 aliphatic heterocycles. The number of aromatic nitrogens is 1. The Balaban J connectivity index is 2.06. The fourth-order valence-corrected chi connectivity index (χ4v) is 2.77. The van der Waals surface area contributed by atoms with Crippen LogP contribution in [0.5, 0.6) is 0 Å². The van der Waals surface area contributed by atoms with E-state index in [0.29, 0.717) is 22.9 Å². The number of benzene rings is 1. The predicted octanol–water partition coefficient (Wildman–Crippen LogP) is 2.96. The molecule has 2 aromatic rings. The van der Waals surface area contributed by atoms with E-state index in [1.54, 1.807) is 19.2 Å². The van der Waals surface area contributed by atoms with E-state index in [1.165, 1.54) is 11.3 Å². The number of nitrogens with zero attached hydrogens (tertiary/aromatic N) is 1. The number of hydrogen-bond donors (Lipinski definition) is 2. The van der Waals surface area contributed by atoms with E-state index in [9.17, 15) is 4.79 Å². The third-order valence-electron chi connectivity index (χ3n) is 2.68. The summed E-state index contributed by atoms with van der Waals surface area (Å²) in [4.78, 5) is 16.7. The SMILES string of the molecule is CC(O)CCNC(=O)c1cnc(-c2ccccc2Cl)s1. The van der Waals surface area contributed by atoms with Gasteiger partial charge in [-0.15, -0.1) is 11.3 Å². The molecule has 4 nitrogen and oxygen atoms in total. The Morgan fingerprint density at radius 1 is 1.50 bits per heavy atom. The fourth-order valence-electron chi connectivity index (χ4n) is 1.62. The van der Waals surface area contributed by atoms with Crippen molar-refractivity contribution in [1.29, 1.82) is 0 Å². The highest BCUT2D eigenvalue weighted by atomic mass is 35.5. The van der Waals surface area contributed by atoms with Gasteiger partial charge in [0.15, 0.2) is 0 Å². The van der Waals surface area contributed by atoms with Gasteiger partial charge in [0, 0.05) is 12.1 Å². The lowest BCUT2D eigenvalue weighted by Gasteiger charge is -2.04. The second-order valence-electron chi connectivity index (χ2n) is 4.40. The molecular weight excluding hydrogens is 296 g/mol. The van der Waals surface area contributed by atoms with Crippen LogP contribution in [0.3, 0.4) is 0 Å². The zero-order chi connectivity index (χ0) is 14.5. The van der Waals surface area contributed by atoms with E-state index >= 15 is 0 Å². The van der Waals surface area contributed by atoms with Crippen molar-refractivity contribution < 1.29 is 9.90 Å². The molecule has 0 saturated heterocycles. The van der Waals surface area contributed by atoms with Gasteiger partial charge in [-0.3, -0.25) is 4.79 Å². The molecule has 0 fully saturated rings. The average Bonchev–Trinajstić information content (AvgIpc) is 2.88. The van der Waals surface area contributed by atoms with Gasteiger partial charge >= 0.3 is 0 Å². The monoisotopic (exact) mass is 310 g/mol. The van der Waals surface area contributed by atoms with Gasteiger partial charge in [-0.25, -0.2) is 4.98 Å². The van der Waals surface area contributed by atoms with Gasteiger partial charge in [-0.2, -0.15) is 0 Å². The van der Waals surface area contributed by atoms with Crippen molar-refractivity contribution >= 4 is 28.8 Å². The van der Waals surface area contributed by atoms with E-state index in [4.69, 9.17) is 16.7 Å². The van der Waals surface area contributed by atoms with Gasteiger partial charge in [0.2, 0.25) is 0 Å². The number of aliphatic hydroxyl groups excluding tert-OH is 1. The van der Waals surface area contributed by atoms with Gasteiger partial charge in [0.1, 0.15) is 9.88 Å². The minimum atomic E-state index is -0.421. The molecule has 0 aliphatic rings. The highest BCUT2D eigenvalue weighted by molar-refractivity contribution is 7.17. The predicted molar refractivity (Wildman–Crippen MR) is 81.2 cm³/mol. The molecule has 6 heteroatoms. The highest BCUT2D eigenvalue weighted by Crippen LogP contribution is 2.30. The molecule has 0 saturated carbocycles. The van der Waals surface area contributed by atoms with Crippen LogP contribution in [0.1, 0.15) is 23.0 Å². The normalized spacial score (nSPS) is 12.2. The molecule has 0 spiro atoms. The maximum Gasteiger partial charge on any atom is 0.263 e. The Labute approximate surface area is 126 Å². The minimum absolute atomic E-state index is 0.179. The van der Waals surface area contributed by atoms with Crippen LogP contribution in [0.4, 0.5) is 0 Å². The van der Waals surface area contributed by atoms with Gasteiger partial charge in [-0.05, 0) is 19.4 Å². The van der Waals surface area contributed by atoms with Gasteiger partial charge in [0.05, 0.1) is 17.3 Å². The van der Waals surface area contributed by atoms with E-state index in [-0.39, 0.29) is 5.91 Å². The Morgan fingerprint density at radius 3 is 2.95 bits per heavy atom. The molecule has 1 aromatic heterocycles. The largest absolute Gasteiger partial charge is 0.393 e. The molecule has 0 radical (unpaired) electrons. The van der Waals surface area contributed by atoms with Crippen LogP contribution in [-0.4, -0.2) is 28.6 Å². The third-order valence-corrected chi connectivity index (χ3v) is 4.04. The first-order valence-electron chi connectivity index (χ1n) is 6.25. The first-order valence-corrected chi connectivity index (χ1v) is 7.44. The van der Waals surface area contributed by atoms with Crippen LogP contribution < -0.4 is 5.32 Å². The summed E-state index contributed by atoms with van der Waals surface area (Å²) in [6, 6.07) is 7.39. The van der Waals surface area contributed by atoms with Crippen molar-refractivity contribution in [1.82, 2.24) is 10.3 Å². The molecule has 1 amide bonds. The van der Waals surface area contributed by atoms with Crippen molar-refractivity contribution in [3.63, 3.8) is 0 Å². The number of rotatable bonds is 5. The molecule has 1 unspecified atom stereocenters. The lowest BCUT2D eigenvalue weighted by atomic mass is 10.2. The Bertz CT molecular complexity index is 598. The molecule has 2 N–H and O–H groups in total. The lowest BCUT2D eigenvalue weighted by Crippen LogP contribution is -2.25. The first-order chi connectivity index (χ1) is 9.58. The maximum atomic E-state index is 11.9. The standard InChI is InChI=1S/C14H15ClN2O2S/c1-9(18)6-7-16-13(19)12-8-17-14(20-12)10-4-2-3-5-11(10)15/h2-5,8-9,18H,6-7H2,1H3,(H,16,19). The minimum Gasteiger partial charge on any atom is -0.393 e. The van der Waals surface area contributed by atoms with Crippen molar-refractivity contribution in [3.8, 4) is 10.6 Å². The van der Waals surface area contributed by atoms with Crippen molar-refractivity contribution in [3.05, 3.63) is 40.4 Å². The summed E-state index contributed by atoms with van der Waals surface area (Å²) < 4.78 is 0. The first kappa shape index (κ1) is 15.0. The van der Waals surface area contributed by atoms with E-state index in [1.807, 2.05) is 18.2 Å². The number of carbonyl (C=O) groups is 1. The summed E-state index contributed by atoms with van der Waals surface area (Å²) in [5, 5.41) is 13.2. The van der Waals surface area contributed by atoms with Crippen LogP contribution in [0.2, 0.25) is 5.02 Å². The van der Waals surface area contributed by atoms with E-state index in [2.05, 4.69) is 10.3 Å². The van der Waals surface area contributed by atoms with Crippen molar-refractivity contribution in [2.45, 2.75) is 19.4 Å². The molecule has 2 rings (SSSR count). The molecule has 0 aliphatic carbocycles. The van der Waals surface area contributed by atoms with Gasteiger partial charge in [-0.1, -0.05) is 29.8 Å². The molecule has 106 valence electrons. The lowest BCUT2D eigenvalue weighted by molar-refractivity contribution is 0.0949. The maximum absolute atomic E-state index is 11.9. The zero-order valence-electron chi connectivity index (χ0n) is 11.0. The fraction of sp³-hybridized carbons (Fsp3) is 0.286. The molecule has 20 heavy (non-hydrogen) atoms. The molecule has 1 atom stereocenters. The van der Waals surface area contributed by atoms with Crippen LogP contribution >= 0.6 is 22.9 Å².